The van der Waals surface area contributed by atoms with Crippen molar-refractivity contribution in [2.75, 3.05) is 25.1 Å². The number of hydrogen-bond donors (Lipinski definition) is 2. The van der Waals surface area contributed by atoms with Gasteiger partial charge in [0.2, 0.25) is 0 Å². The van der Waals surface area contributed by atoms with Crippen LogP contribution in [0.15, 0.2) is 18.2 Å². The van der Waals surface area contributed by atoms with Crippen LogP contribution in [0.4, 0.5) is 5.69 Å². The summed E-state index contributed by atoms with van der Waals surface area (Å²) in [5.74, 6) is -0.784. The van der Waals surface area contributed by atoms with Crippen LogP contribution >= 0.6 is 0 Å². The molecule has 0 bridgehead atoms. The van der Waals surface area contributed by atoms with E-state index in [0.29, 0.717) is 19.8 Å². The summed E-state index contributed by atoms with van der Waals surface area (Å²) in [5, 5.41) is 12.5. The number of rotatable bonds is 5. The van der Waals surface area contributed by atoms with Crippen LogP contribution in [-0.4, -0.2) is 30.8 Å². The van der Waals surface area contributed by atoms with E-state index in [9.17, 15) is 9.90 Å². The lowest BCUT2D eigenvalue weighted by Crippen LogP contribution is -2.53. The molecule has 98 valence electrons. The Balaban J connectivity index is 2.13. The second kappa shape index (κ2) is 4.98. The molecule has 0 aliphatic carbocycles. The molecule has 2 N–H and O–H groups in total. The smallest absolute Gasteiger partial charge is 0.316 e. The number of para-hydroxylation sites is 1. The van der Waals surface area contributed by atoms with Crippen molar-refractivity contribution in [1.82, 2.24) is 0 Å². The molecule has 0 radical (unpaired) electrons. The van der Waals surface area contributed by atoms with Gasteiger partial charge in [0.05, 0.1) is 13.2 Å². The summed E-state index contributed by atoms with van der Waals surface area (Å²) in [4.78, 5) is 11.2. The van der Waals surface area contributed by atoms with Crippen LogP contribution in [0.2, 0.25) is 0 Å². The average molecular weight is 249 g/mol. The van der Waals surface area contributed by atoms with Crippen LogP contribution < -0.4 is 5.32 Å². The van der Waals surface area contributed by atoms with Crippen LogP contribution in [0.3, 0.4) is 0 Å². The minimum absolute atomic E-state index is 0.294. The SMILES string of the molecule is CCc1cccc(C)c1NCC1(C(=O)O)COC1. The zero-order chi connectivity index (χ0) is 13.2. The molecule has 0 unspecified atom stereocenters. The molecule has 1 heterocycles. The van der Waals surface area contributed by atoms with Crippen molar-refractivity contribution in [3.05, 3.63) is 29.3 Å². The molecule has 18 heavy (non-hydrogen) atoms. The predicted molar refractivity (Wildman–Crippen MR) is 69.9 cm³/mol. The Labute approximate surface area is 107 Å². The number of carbonyl (C=O) groups is 1. The highest BCUT2D eigenvalue weighted by atomic mass is 16.5. The Hall–Kier alpha value is -1.55. The zero-order valence-electron chi connectivity index (χ0n) is 10.8. The van der Waals surface area contributed by atoms with Gasteiger partial charge in [-0.05, 0) is 24.5 Å². The Morgan fingerprint density at radius 2 is 2.22 bits per heavy atom. The number of nitrogens with one attached hydrogen (secondary N) is 1. The van der Waals surface area contributed by atoms with Crippen molar-refractivity contribution in [3.63, 3.8) is 0 Å². The van der Waals surface area contributed by atoms with Gasteiger partial charge in [-0.2, -0.15) is 0 Å². The largest absolute Gasteiger partial charge is 0.481 e. The summed E-state index contributed by atoms with van der Waals surface area (Å²) in [6, 6.07) is 6.13. The maximum atomic E-state index is 11.2. The second-order valence-electron chi connectivity index (χ2n) is 4.89. The lowest BCUT2D eigenvalue weighted by atomic mass is 9.86. The summed E-state index contributed by atoms with van der Waals surface area (Å²) in [5.41, 5.74) is 2.67. The molecule has 0 saturated carbocycles. The number of carboxylic acids is 1. The van der Waals surface area contributed by atoms with E-state index in [1.165, 1.54) is 5.56 Å². The van der Waals surface area contributed by atoms with Gasteiger partial charge in [-0.1, -0.05) is 25.1 Å². The number of carboxylic acid groups (broad SMARTS) is 1. The number of anilines is 1. The predicted octanol–water partition coefficient (Wildman–Crippen LogP) is 2.07. The van der Waals surface area contributed by atoms with E-state index < -0.39 is 11.4 Å². The van der Waals surface area contributed by atoms with Crippen molar-refractivity contribution in [1.29, 1.82) is 0 Å². The number of hydrogen-bond acceptors (Lipinski definition) is 3. The lowest BCUT2D eigenvalue weighted by molar-refractivity contribution is -0.176. The number of aryl methyl sites for hydroxylation is 2. The van der Waals surface area contributed by atoms with Crippen molar-refractivity contribution in [2.45, 2.75) is 20.3 Å². The van der Waals surface area contributed by atoms with Gasteiger partial charge in [-0.3, -0.25) is 4.79 Å². The van der Waals surface area contributed by atoms with Gasteiger partial charge < -0.3 is 15.2 Å². The number of ether oxygens (including phenoxy) is 1. The van der Waals surface area contributed by atoms with Crippen molar-refractivity contribution >= 4 is 11.7 Å². The minimum Gasteiger partial charge on any atom is -0.481 e. The monoisotopic (exact) mass is 249 g/mol. The fourth-order valence-electron chi connectivity index (χ4n) is 2.18. The quantitative estimate of drug-likeness (QED) is 0.838. The highest BCUT2D eigenvalue weighted by Gasteiger charge is 2.46. The maximum Gasteiger partial charge on any atom is 0.316 e. The molecule has 1 saturated heterocycles. The molecular formula is C14H19NO3. The molecule has 1 aromatic carbocycles. The molecule has 1 aliphatic heterocycles. The third-order valence-electron chi connectivity index (χ3n) is 3.55. The van der Waals surface area contributed by atoms with E-state index in [2.05, 4.69) is 18.3 Å². The van der Waals surface area contributed by atoms with Crippen molar-refractivity contribution in [3.8, 4) is 0 Å². The van der Waals surface area contributed by atoms with Crippen molar-refractivity contribution in [2.24, 2.45) is 5.41 Å². The van der Waals surface area contributed by atoms with Crippen LogP contribution in [0.25, 0.3) is 0 Å². The molecular weight excluding hydrogens is 230 g/mol. The fraction of sp³-hybridized carbons (Fsp3) is 0.500. The Kier molecular flexibility index (Phi) is 3.57. The molecule has 4 heteroatoms. The van der Waals surface area contributed by atoms with Crippen LogP contribution in [0.5, 0.6) is 0 Å². The zero-order valence-corrected chi connectivity index (χ0v) is 10.8. The van der Waals surface area contributed by atoms with E-state index in [1.54, 1.807) is 0 Å². The second-order valence-corrected chi connectivity index (χ2v) is 4.89. The van der Waals surface area contributed by atoms with Gasteiger partial charge in [0, 0.05) is 12.2 Å². The normalized spacial score (nSPS) is 17.0. The number of benzene rings is 1. The van der Waals surface area contributed by atoms with E-state index >= 15 is 0 Å². The molecule has 0 aromatic heterocycles. The number of aliphatic carboxylic acids is 1. The average Bonchev–Trinajstić information content (AvgIpc) is 2.28. The van der Waals surface area contributed by atoms with E-state index in [4.69, 9.17) is 4.74 Å². The standard InChI is InChI=1S/C14H19NO3/c1-3-11-6-4-5-10(2)12(11)15-7-14(13(16)17)8-18-9-14/h4-6,15H,3,7-9H2,1-2H3,(H,16,17). The summed E-state index contributed by atoms with van der Waals surface area (Å²) in [7, 11) is 0. The third-order valence-corrected chi connectivity index (χ3v) is 3.55. The first-order valence-electron chi connectivity index (χ1n) is 6.22. The highest BCUT2D eigenvalue weighted by molar-refractivity contribution is 5.77. The molecule has 1 aromatic rings. The molecule has 0 atom stereocenters. The van der Waals surface area contributed by atoms with Crippen LogP contribution in [-0.2, 0) is 16.0 Å². The van der Waals surface area contributed by atoms with Gasteiger partial charge in [-0.25, -0.2) is 0 Å². The first-order chi connectivity index (χ1) is 8.59. The summed E-state index contributed by atoms with van der Waals surface area (Å²) in [6.45, 7) is 5.14. The first-order valence-corrected chi connectivity index (χ1v) is 6.22. The summed E-state index contributed by atoms with van der Waals surface area (Å²) < 4.78 is 5.05. The first kappa shape index (κ1) is 12.9. The van der Waals surface area contributed by atoms with E-state index in [0.717, 1.165) is 17.7 Å². The van der Waals surface area contributed by atoms with Crippen molar-refractivity contribution < 1.29 is 14.6 Å². The van der Waals surface area contributed by atoms with Gasteiger partial charge in [0.1, 0.15) is 5.41 Å². The Morgan fingerprint density at radius 1 is 1.50 bits per heavy atom. The van der Waals surface area contributed by atoms with Crippen LogP contribution in [0, 0.1) is 12.3 Å². The van der Waals surface area contributed by atoms with E-state index in [1.807, 2.05) is 19.1 Å². The topological polar surface area (TPSA) is 58.6 Å². The molecule has 0 spiro atoms. The summed E-state index contributed by atoms with van der Waals surface area (Å²) in [6.07, 6.45) is 0.931. The maximum absolute atomic E-state index is 11.2. The molecule has 0 amide bonds. The lowest BCUT2D eigenvalue weighted by Gasteiger charge is -2.37. The van der Waals surface area contributed by atoms with E-state index in [-0.39, 0.29) is 0 Å². The van der Waals surface area contributed by atoms with Gasteiger partial charge in [0.25, 0.3) is 0 Å². The molecule has 1 fully saturated rings. The Bertz CT molecular complexity index is 452. The fourth-order valence-corrected chi connectivity index (χ4v) is 2.18. The molecule has 1 aliphatic rings. The summed E-state index contributed by atoms with van der Waals surface area (Å²) >= 11 is 0. The van der Waals surface area contributed by atoms with Gasteiger partial charge in [0.15, 0.2) is 0 Å². The molecule has 4 nitrogen and oxygen atoms in total. The molecule has 2 rings (SSSR count). The minimum atomic E-state index is -0.784. The highest BCUT2D eigenvalue weighted by Crippen LogP contribution is 2.30. The van der Waals surface area contributed by atoms with Gasteiger partial charge >= 0.3 is 5.97 Å². The third kappa shape index (κ3) is 2.20. The van der Waals surface area contributed by atoms with Gasteiger partial charge in [-0.15, -0.1) is 0 Å². The van der Waals surface area contributed by atoms with Crippen LogP contribution in [0.1, 0.15) is 18.1 Å². The Morgan fingerprint density at radius 3 is 2.72 bits per heavy atom.